The smallest absolute Gasteiger partial charge is 0.419 e. The van der Waals surface area contributed by atoms with Crippen LogP contribution in [0.1, 0.15) is 122 Å². The maximum absolute atomic E-state index is 14.2. The second-order valence-corrected chi connectivity index (χ2v) is 33.1. The SMILES string of the molecule is Cc1cc(C)c(OCc2ccccc2[N+](=O)[O-])c(F)c1.Cc1cc(C)c(OCc2ccccc2[N+](=O)[O-])c(F)c1C.Cc1cc(C)c(OCc2ccccc2[N+](=O)[O-])cc1F.Cc1cc(OCc2ccccc2[N+](=O)[O-])c(C)c(F)c1C.Cc1ccc(OCc2ccccc2[N+](=O)[O-])c(Br)c1.Cc1ccc(OCc2ccccc2[N+](=O)[O-])c(C(F)(F)F)c1.Cc1ccc(OCc2ccccc2[N+](=O)[O-])c(C)c1F. The summed E-state index contributed by atoms with van der Waals surface area (Å²) in [6.07, 6.45) is -4.55. The Morgan fingerprint density at radius 3 is 0.923 bits per heavy atom. The van der Waals surface area contributed by atoms with Crippen molar-refractivity contribution < 1.29 is 103 Å². The van der Waals surface area contributed by atoms with Crippen molar-refractivity contribution in [3.05, 3.63) is 482 Å². The van der Waals surface area contributed by atoms with Gasteiger partial charge in [0, 0.05) is 59.7 Å². The van der Waals surface area contributed by atoms with Crippen LogP contribution in [0, 0.1) is 197 Å². The molecule has 14 rings (SSSR count). The number of nitro groups is 7. The number of alkyl halides is 3. The van der Waals surface area contributed by atoms with E-state index >= 15 is 0 Å². The van der Waals surface area contributed by atoms with Gasteiger partial charge in [0.2, 0.25) is 0 Å². The van der Waals surface area contributed by atoms with Crippen LogP contribution in [0.2, 0.25) is 0 Å². The maximum atomic E-state index is 14.2. The van der Waals surface area contributed by atoms with E-state index in [1.165, 1.54) is 78.9 Å². The lowest BCUT2D eigenvalue weighted by atomic mass is 10.0. The summed E-state index contributed by atoms with van der Waals surface area (Å²) in [4.78, 5) is 73.0. The Labute approximate surface area is 825 Å². The molecule has 0 saturated heterocycles. The highest BCUT2D eigenvalue weighted by molar-refractivity contribution is 9.10. The zero-order valence-electron chi connectivity index (χ0n) is 79.8. The number of nitro benzene ring substituents is 7. The Kier molecular flexibility index (Phi) is 40.9. The molecule has 0 aliphatic rings. The summed E-state index contributed by atoms with van der Waals surface area (Å²) in [6, 6.07) is 66.4. The summed E-state index contributed by atoms with van der Waals surface area (Å²) < 4.78 is 147. The van der Waals surface area contributed by atoms with Crippen LogP contribution in [-0.4, -0.2) is 34.5 Å². The molecule has 14 aromatic carbocycles. The number of ether oxygens (including phenoxy) is 7. The molecular weight excluding hydrogens is 1940 g/mol. The summed E-state index contributed by atoms with van der Waals surface area (Å²) in [5.41, 5.74) is 11.1. The molecule has 0 aliphatic heterocycles. The molecule has 0 aliphatic carbocycles. The quantitative estimate of drug-likeness (QED) is 0.0250. The number of hydrogen-bond donors (Lipinski definition) is 0. The highest BCUT2D eigenvalue weighted by atomic mass is 79.9. The molecular formula is C106H98BrF8N7O21. The fraction of sp³-hybridized carbons (Fsp3) is 0.208. The molecule has 0 saturated carbocycles. The first-order valence-corrected chi connectivity index (χ1v) is 44.2. The van der Waals surface area contributed by atoms with Gasteiger partial charge in [0.1, 0.15) is 92.4 Å². The Morgan fingerprint density at radius 1 is 0.245 bits per heavy atom. The van der Waals surface area contributed by atoms with Gasteiger partial charge in [-0.15, -0.1) is 0 Å². The van der Waals surface area contributed by atoms with Crippen molar-refractivity contribution in [3.63, 3.8) is 0 Å². The van der Waals surface area contributed by atoms with Crippen LogP contribution >= 0.6 is 15.9 Å². The van der Waals surface area contributed by atoms with Crippen LogP contribution < -0.4 is 33.2 Å². The van der Waals surface area contributed by atoms with Crippen LogP contribution in [0.25, 0.3) is 0 Å². The van der Waals surface area contributed by atoms with E-state index < -0.39 is 57.8 Å². The molecule has 0 aromatic heterocycles. The van der Waals surface area contributed by atoms with Gasteiger partial charge in [0.05, 0.1) is 83.4 Å². The molecule has 0 fully saturated rings. The van der Waals surface area contributed by atoms with Crippen molar-refractivity contribution in [1.82, 2.24) is 0 Å². The van der Waals surface area contributed by atoms with Crippen molar-refractivity contribution in [2.24, 2.45) is 0 Å². The maximum Gasteiger partial charge on any atom is 0.419 e. The third kappa shape index (κ3) is 32.0. The molecule has 0 atom stereocenters. The van der Waals surface area contributed by atoms with Gasteiger partial charge >= 0.3 is 6.18 Å². The third-order valence-electron chi connectivity index (χ3n) is 21.7. The number of nitrogens with zero attached hydrogens (tertiary/aromatic N) is 7. The van der Waals surface area contributed by atoms with Crippen LogP contribution in [0.15, 0.2) is 259 Å². The Bertz CT molecular complexity index is 6890. The first-order chi connectivity index (χ1) is 67.7. The monoisotopic (exact) mass is 2040 g/mol. The minimum absolute atomic E-state index is 0.000501. The fourth-order valence-electron chi connectivity index (χ4n) is 13.8. The Hall–Kier alpha value is -16.6. The van der Waals surface area contributed by atoms with Gasteiger partial charge < -0.3 is 33.2 Å². The molecule has 746 valence electrons. The average molecular weight is 2040 g/mol. The number of benzene rings is 14. The molecule has 28 nitrogen and oxygen atoms in total. The van der Waals surface area contributed by atoms with Crippen molar-refractivity contribution in [1.29, 1.82) is 0 Å². The highest BCUT2D eigenvalue weighted by Gasteiger charge is 2.35. The lowest BCUT2D eigenvalue weighted by Gasteiger charge is -2.14. The van der Waals surface area contributed by atoms with Gasteiger partial charge in [-0.2, -0.15) is 13.2 Å². The predicted octanol–water partition coefficient (Wildman–Crippen LogP) is 29.0. The molecule has 0 amide bonds. The largest absolute Gasteiger partial charge is 0.488 e. The lowest BCUT2D eigenvalue weighted by Crippen LogP contribution is -2.09. The highest BCUT2D eigenvalue weighted by Crippen LogP contribution is 2.40. The Morgan fingerprint density at radius 2 is 0.545 bits per heavy atom. The average Bonchev–Trinajstić information content (AvgIpc) is 0.822. The number of halogens is 9. The molecule has 0 N–H and O–H groups in total. The minimum atomic E-state index is -4.55. The van der Waals surface area contributed by atoms with E-state index in [1.807, 2.05) is 38.1 Å². The van der Waals surface area contributed by atoms with E-state index in [9.17, 15) is 106 Å². The topological polar surface area (TPSA) is 367 Å². The number of aryl methyl sites for hydroxylation is 10. The van der Waals surface area contributed by atoms with E-state index in [0.717, 1.165) is 38.4 Å². The fourth-order valence-corrected chi connectivity index (χ4v) is 14.4. The standard InChI is InChI=1S/2C16H16FNO3.C15H12F3NO3.3C15H14FNO3.C14H12BrNO3/c1-10-8-15(12(3)16(17)11(10)2)21-9-13-6-4-5-7-14(13)18(19)20;1-10-8-11(2)16(15(17)12(10)3)21-9-13-6-4-5-7-14(13)18(19)20;1-10-6-7-14(12(8-10)15(16,17)18)22-9-11-4-2-3-5-13(11)19(20)21;1-10-7-11(2)15(8-13(10)16)20-9-12-5-3-4-6-14(12)17(18)19;1-10-7-11(2)15(13(16)8-10)20-9-12-5-3-4-6-14(12)17(18)19;1-10-7-8-14(11(2)15(10)16)20-9-12-5-3-4-6-13(12)17(18)19;1-10-6-7-14(12(15)8-10)19-9-11-4-2-3-5-13(11)16(17)18/h2*4-8H,9H2,1-3H3;2-8H,9H2,1H3;3*3-8H,9H2,1-2H3;2-8H,9H2,1H3. The summed E-state index contributed by atoms with van der Waals surface area (Å²) in [5.74, 6) is -0.0331. The summed E-state index contributed by atoms with van der Waals surface area (Å²) in [6.45, 7) is 24.1. The number of rotatable bonds is 28. The first-order valence-electron chi connectivity index (χ1n) is 43.4. The normalized spacial score (nSPS) is 10.5. The van der Waals surface area contributed by atoms with E-state index in [-0.39, 0.29) is 126 Å². The van der Waals surface area contributed by atoms with Crippen LogP contribution in [0.4, 0.5) is 74.9 Å². The van der Waals surface area contributed by atoms with Crippen LogP contribution in [0.5, 0.6) is 40.2 Å². The third-order valence-corrected chi connectivity index (χ3v) is 22.4. The first kappa shape index (κ1) is 112. The molecule has 143 heavy (non-hydrogen) atoms. The van der Waals surface area contributed by atoms with Crippen molar-refractivity contribution in [2.75, 3.05) is 0 Å². The van der Waals surface area contributed by atoms with E-state index in [2.05, 4.69) is 15.9 Å². The molecule has 37 heteroatoms. The second kappa shape index (κ2) is 52.4. The Balaban J connectivity index is 0.000000204. The molecule has 0 unspecified atom stereocenters. The van der Waals surface area contributed by atoms with Gasteiger partial charge in [0.15, 0.2) is 23.1 Å². The minimum Gasteiger partial charge on any atom is -0.488 e. The molecule has 0 bridgehead atoms. The van der Waals surface area contributed by atoms with Crippen LogP contribution in [0.3, 0.4) is 0 Å². The second-order valence-electron chi connectivity index (χ2n) is 32.3. The molecule has 14 aromatic rings. The molecule has 0 heterocycles. The predicted molar refractivity (Wildman–Crippen MR) is 526 cm³/mol. The number of hydrogen-bond acceptors (Lipinski definition) is 21. The van der Waals surface area contributed by atoms with Gasteiger partial charge in [-0.25, -0.2) is 22.0 Å². The molecule has 0 spiro atoms. The van der Waals surface area contributed by atoms with E-state index in [0.29, 0.717) is 106 Å². The summed E-state index contributed by atoms with van der Waals surface area (Å²) in [5, 5.41) is 76.3. The molecule has 0 radical (unpaired) electrons. The van der Waals surface area contributed by atoms with Gasteiger partial charge in [-0.1, -0.05) is 121 Å². The summed E-state index contributed by atoms with van der Waals surface area (Å²) >= 11 is 3.41. The van der Waals surface area contributed by atoms with Crippen LogP contribution in [-0.2, 0) is 52.4 Å². The number of para-hydroxylation sites is 7. The van der Waals surface area contributed by atoms with Crippen molar-refractivity contribution in [3.8, 4) is 40.2 Å². The van der Waals surface area contributed by atoms with Crippen molar-refractivity contribution in [2.45, 2.75) is 149 Å². The van der Waals surface area contributed by atoms with Gasteiger partial charge in [-0.05, 0) is 265 Å². The summed E-state index contributed by atoms with van der Waals surface area (Å²) in [7, 11) is 0. The zero-order valence-corrected chi connectivity index (χ0v) is 81.4. The van der Waals surface area contributed by atoms with Crippen molar-refractivity contribution >= 4 is 55.7 Å². The van der Waals surface area contributed by atoms with E-state index in [1.54, 1.807) is 229 Å². The van der Waals surface area contributed by atoms with E-state index in [4.69, 9.17) is 33.2 Å². The lowest BCUT2D eigenvalue weighted by molar-refractivity contribution is -0.386. The zero-order chi connectivity index (χ0) is 105. The van der Waals surface area contributed by atoms with Gasteiger partial charge in [0.25, 0.3) is 39.8 Å². The van der Waals surface area contributed by atoms with Gasteiger partial charge in [-0.3, -0.25) is 70.8 Å².